The second-order valence-electron chi connectivity index (χ2n) is 4.60. The Hall–Kier alpha value is -1.23. The van der Waals surface area contributed by atoms with Crippen LogP contribution in [-0.4, -0.2) is 33.6 Å². The van der Waals surface area contributed by atoms with Crippen LogP contribution in [0.25, 0.3) is 0 Å². The van der Waals surface area contributed by atoms with Crippen molar-refractivity contribution < 1.29 is 4.79 Å². The molecule has 1 fully saturated rings. The topological polar surface area (TPSA) is 59.8 Å². The number of nitrogens with zero attached hydrogens (tertiary/aromatic N) is 3. The molecular formula is C12H20N4O. The first-order chi connectivity index (χ1) is 8.29. The Morgan fingerprint density at radius 1 is 1.65 bits per heavy atom. The Morgan fingerprint density at radius 3 is 3.24 bits per heavy atom. The fourth-order valence-electron chi connectivity index (χ4n) is 2.28. The van der Waals surface area contributed by atoms with Crippen LogP contribution in [0, 0.1) is 5.92 Å². The molecular weight excluding hydrogens is 216 g/mol. The summed E-state index contributed by atoms with van der Waals surface area (Å²) >= 11 is 0. The van der Waals surface area contributed by atoms with Crippen molar-refractivity contribution in [1.82, 2.24) is 20.1 Å². The summed E-state index contributed by atoms with van der Waals surface area (Å²) in [6.45, 7) is 4.95. The Morgan fingerprint density at radius 2 is 2.53 bits per heavy atom. The van der Waals surface area contributed by atoms with Gasteiger partial charge in [0.15, 0.2) is 0 Å². The van der Waals surface area contributed by atoms with Crippen molar-refractivity contribution in [2.75, 3.05) is 13.1 Å². The maximum absolute atomic E-state index is 11.8. The van der Waals surface area contributed by atoms with Crippen molar-refractivity contribution in [2.24, 2.45) is 5.92 Å². The minimum Gasteiger partial charge on any atom is -0.316 e. The maximum atomic E-state index is 11.8. The lowest BCUT2D eigenvalue weighted by Gasteiger charge is -2.07. The van der Waals surface area contributed by atoms with E-state index in [4.69, 9.17) is 0 Å². The number of rotatable bonds is 6. The minimum absolute atomic E-state index is 0.277. The monoisotopic (exact) mass is 236 g/mol. The van der Waals surface area contributed by atoms with Crippen molar-refractivity contribution in [1.29, 1.82) is 0 Å². The molecule has 5 heteroatoms. The summed E-state index contributed by atoms with van der Waals surface area (Å²) in [6, 6.07) is 0. The number of aryl methyl sites for hydroxylation is 1. The summed E-state index contributed by atoms with van der Waals surface area (Å²) in [6.07, 6.45) is 4.83. The highest BCUT2D eigenvalue weighted by Gasteiger charge is 2.16. The largest absolute Gasteiger partial charge is 0.316 e. The van der Waals surface area contributed by atoms with E-state index in [0.717, 1.165) is 31.9 Å². The molecule has 2 heterocycles. The first-order valence-corrected chi connectivity index (χ1v) is 6.38. The zero-order valence-corrected chi connectivity index (χ0v) is 10.4. The van der Waals surface area contributed by atoms with E-state index in [2.05, 4.69) is 15.4 Å². The average Bonchev–Trinajstić information content (AvgIpc) is 2.97. The highest BCUT2D eigenvalue weighted by molar-refractivity contribution is 5.80. The zero-order chi connectivity index (χ0) is 12.1. The minimum atomic E-state index is 0.277. The third kappa shape index (κ3) is 3.36. The third-order valence-corrected chi connectivity index (χ3v) is 3.34. The molecule has 1 aromatic rings. The van der Waals surface area contributed by atoms with Crippen molar-refractivity contribution in [3.63, 3.8) is 0 Å². The van der Waals surface area contributed by atoms with Crippen molar-refractivity contribution in [3.8, 4) is 0 Å². The van der Waals surface area contributed by atoms with Gasteiger partial charge in [0.2, 0.25) is 0 Å². The van der Waals surface area contributed by atoms with Crippen LogP contribution in [-0.2, 0) is 17.8 Å². The average molecular weight is 236 g/mol. The number of hydrogen-bond donors (Lipinski definition) is 1. The second-order valence-corrected chi connectivity index (χ2v) is 4.60. The Kier molecular flexibility index (Phi) is 4.25. The first-order valence-electron chi connectivity index (χ1n) is 6.38. The van der Waals surface area contributed by atoms with Gasteiger partial charge in [0.05, 0.1) is 6.42 Å². The summed E-state index contributed by atoms with van der Waals surface area (Å²) in [5, 5.41) is 7.39. The first kappa shape index (κ1) is 12.2. The molecule has 0 spiro atoms. The van der Waals surface area contributed by atoms with Crippen LogP contribution in [0.15, 0.2) is 6.33 Å². The number of nitrogens with one attached hydrogen (secondary N) is 1. The van der Waals surface area contributed by atoms with E-state index in [9.17, 15) is 4.79 Å². The van der Waals surface area contributed by atoms with Crippen LogP contribution in [0.4, 0.5) is 0 Å². The molecule has 1 atom stereocenters. The van der Waals surface area contributed by atoms with Crippen molar-refractivity contribution in [3.05, 3.63) is 12.2 Å². The van der Waals surface area contributed by atoms with Gasteiger partial charge in [-0.3, -0.25) is 4.79 Å². The van der Waals surface area contributed by atoms with Crippen LogP contribution in [0.2, 0.25) is 0 Å². The molecule has 1 N–H and O–H groups in total. The highest BCUT2D eigenvalue weighted by Crippen LogP contribution is 2.15. The Balaban J connectivity index is 1.76. The van der Waals surface area contributed by atoms with Crippen LogP contribution < -0.4 is 5.32 Å². The number of Topliss-reactive ketones (excluding diaryl/α,β-unsaturated/α-hetero) is 1. The van der Waals surface area contributed by atoms with Gasteiger partial charge in [0, 0.05) is 13.0 Å². The van der Waals surface area contributed by atoms with E-state index >= 15 is 0 Å². The van der Waals surface area contributed by atoms with Crippen LogP contribution in [0.3, 0.4) is 0 Å². The van der Waals surface area contributed by atoms with Crippen molar-refractivity contribution >= 4 is 5.78 Å². The van der Waals surface area contributed by atoms with Crippen molar-refractivity contribution in [2.45, 2.75) is 39.2 Å². The number of carbonyl (C=O) groups is 1. The van der Waals surface area contributed by atoms with Gasteiger partial charge in [-0.1, -0.05) is 0 Å². The van der Waals surface area contributed by atoms with Gasteiger partial charge in [-0.15, -0.1) is 0 Å². The van der Waals surface area contributed by atoms with Gasteiger partial charge >= 0.3 is 0 Å². The molecule has 94 valence electrons. The molecule has 0 bridgehead atoms. The molecule has 0 aromatic carbocycles. The van der Waals surface area contributed by atoms with Gasteiger partial charge in [-0.2, -0.15) is 5.10 Å². The van der Waals surface area contributed by atoms with E-state index in [1.807, 2.05) is 6.92 Å². The molecule has 2 rings (SSSR count). The SMILES string of the molecule is CCn1ncnc1CC(=O)CCC1CCNC1. The van der Waals surface area contributed by atoms with Gasteiger partial charge in [0.1, 0.15) is 17.9 Å². The standard InChI is InChI=1S/C12H20N4O/c1-2-16-12(14-9-15-16)7-11(17)4-3-10-5-6-13-8-10/h9-10,13H,2-8H2,1H3. The fourth-order valence-corrected chi connectivity index (χ4v) is 2.28. The number of carbonyl (C=O) groups excluding carboxylic acids is 1. The molecule has 1 unspecified atom stereocenters. The van der Waals surface area contributed by atoms with Gasteiger partial charge in [0.25, 0.3) is 0 Å². The quantitative estimate of drug-likeness (QED) is 0.793. The van der Waals surface area contributed by atoms with Gasteiger partial charge in [-0.05, 0) is 38.8 Å². The predicted octanol–water partition coefficient (Wildman–Crippen LogP) is 0.799. The van der Waals surface area contributed by atoms with Crippen LogP contribution >= 0.6 is 0 Å². The van der Waals surface area contributed by atoms with E-state index < -0.39 is 0 Å². The molecule has 0 radical (unpaired) electrons. The molecule has 0 amide bonds. The molecule has 0 aliphatic carbocycles. The molecule has 0 saturated carbocycles. The molecule has 1 aromatic heterocycles. The van der Waals surface area contributed by atoms with Gasteiger partial charge < -0.3 is 5.32 Å². The third-order valence-electron chi connectivity index (χ3n) is 3.34. The summed E-state index contributed by atoms with van der Waals surface area (Å²) < 4.78 is 1.79. The normalized spacial score (nSPS) is 19.7. The summed E-state index contributed by atoms with van der Waals surface area (Å²) in [5.41, 5.74) is 0. The lowest BCUT2D eigenvalue weighted by atomic mass is 10.00. The molecule has 1 aliphatic rings. The second kappa shape index (κ2) is 5.91. The number of aromatic nitrogens is 3. The lowest BCUT2D eigenvalue weighted by molar-refractivity contribution is -0.118. The Bertz CT molecular complexity index is 368. The maximum Gasteiger partial charge on any atom is 0.140 e. The van der Waals surface area contributed by atoms with Crippen LogP contribution in [0.5, 0.6) is 0 Å². The Labute approximate surface area is 102 Å². The lowest BCUT2D eigenvalue weighted by Crippen LogP contribution is -2.13. The molecule has 1 saturated heterocycles. The van der Waals surface area contributed by atoms with Gasteiger partial charge in [-0.25, -0.2) is 9.67 Å². The van der Waals surface area contributed by atoms with E-state index in [-0.39, 0.29) is 5.78 Å². The van der Waals surface area contributed by atoms with E-state index in [0.29, 0.717) is 18.8 Å². The van der Waals surface area contributed by atoms with Crippen LogP contribution in [0.1, 0.15) is 32.0 Å². The number of ketones is 1. The zero-order valence-electron chi connectivity index (χ0n) is 10.4. The number of hydrogen-bond acceptors (Lipinski definition) is 4. The molecule has 5 nitrogen and oxygen atoms in total. The fraction of sp³-hybridized carbons (Fsp3) is 0.750. The molecule has 1 aliphatic heterocycles. The summed E-state index contributed by atoms with van der Waals surface area (Å²) in [7, 11) is 0. The van der Waals surface area contributed by atoms with E-state index in [1.54, 1.807) is 4.68 Å². The van der Waals surface area contributed by atoms with E-state index in [1.165, 1.54) is 12.7 Å². The highest BCUT2D eigenvalue weighted by atomic mass is 16.1. The summed E-state index contributed by atoms with van der Waals surface area (Å²) in [5.74, 6) is 1.75. The molecule has 17 heavy (non-hydrogen) atoms. The summed E-state index contributed by atoms with van der Waals surface area (Å²) in [4.78, 5) is 16.0. The predicted molar refractivity (Wildman–Crippen MR) is 64.6 cm³/mol. The smallest absolute Gasteiger partial charge is 0.140 e.